The first-order valence-electron chi connectivity index (χ1n) is 7.08. The van der Waals surface area contributed by atoms with E-state index in [4.69, 9.17) is 10.9 Å². The molecule has 0 atom stereocenters. The van der Waals surface area contributed by atoms with Crippen LogP contribution in [0.1, 0.15) is 30.7 Å². The Bertz CT molecular complexity index is 566. The molecule has 1 aliphatic heterocycles. The Balaban J connectivity index is 2.52. The van der Waals surface area contributed by atoms with Gasteiger partial charge < -0.3 is 15.8 Å². The van der Waals surface area contributed by atoms with Crippen LogP contribution in [0.3, 0.4) is 0 Å². The second-order valence-corrected chi connectivity index (χ2v) is 6.55. The van der Waals surface area contributed by atoms with Gasteiger partial charge in [0.05, 0.1) is 11.3 Å². The van der Waals surface area contributed by atoms with Gasteiger partial charge in [0.2, 0.25) is 0 Å². The highest BCUT2D eigenvalue weighted by Crippen LogP contribution is 2.24. The fourth-order valence-electron chi connectivity index (χ4n) is 2.55. The van der Waals surface area contributed by atoms with Crippen LogP contribution in [0.5, 0.6) is 0 Å². The Labute approximate surface area is 126 Å². The van der Waals surface area contributed by atoms with Crippen LogP contribution in [0.25, 0.3) is 0 Å². The lowest BCUT2D eigenvalue weighted by Crippen LogP contribution is -2.40. The van der Waals surface area contributed by atoms with Gasteiger partial charge in [-0.1, -0.05) is 19.0 Å². The summed E-state index contributed by atoms with van der Waals surface area (Å²) in [5, 5.41) is 20.8. The summed E-state index contributed by atoms with van der Waals surface area (Å²) in [6.07, 6.45) is 1.48. The average molecular weight is 311 g/mol. The van der Waals surface area contributed by atoms with Crippen molar-refractivity contribution in [2.45, 2.75) is 26.7 Å². The van der Waals surface area contributed by atoms with Crippen LogP contribution in [0.2, 0.25) is 0 Å². The molecule has 2 rings (SSSR count). The number of rotatable bonds is 4. The fourth-order valence-corrected chi connectivity index (χ4v) is 3.60. The highest BCUT2D eigenvalue weighted by Gasteiger charge is 2.24. The van der Waals surface area contributed by atoms with Crippen LogP contribution < -0.4 is 10.6 Å². The van der Waals surface area contributed by atoms with E-state index in [9.17, 15) is 4.21 Å². The van der Waals surface area contributed by atoms with Crippen LogP contribution in [0, 0.1) is 0 Å². The summed E-state index contributed by atoms with van der Waals surface area (Å²) < 4.78 is 11.5. The quantitative estimate of drug-likeness (QED) is 0.358. The average Bonchev–Trinajstić information content (AvgIpc) is 2.53. The van der Waals surface area contributed by atoms with E-state index >= 15 is 0 Å². The van der Waals surface area contributed by atoms with Gasteiger partial charge in [-0.15, -0.1) is 5.10 Å². The molecule has 0 unspecified atom stereocenters. The van der Waals surface area contributed by atoms with Crippen molar-refractivity contribution in [3.8, 4) is 0 Å². The Morgan fingerprint density at radius 1 is 1.33 bits per heavy atom. The normalized spacial score (nSPS) is 17.2. The van der Waals surface area contributed by atoms with Crippen molar-refractivity contribution in [3.63, 3.8) is 0 Å². The maximum Gasteiger partial charge on any atom is 0.174 e. The van der Waals surface area contributed by atoms with E-state index in [0.29, 0.717) is 36.0 Å². The molecule has 21 heavy (non-hydrogen) atoms. The molecule has 116 valence electrons. The highest BCUT2D eigenvalue weighted by atomic mass is 32.2. The standard InChI is InChI=1S/C13H21N5O2S/c1-3-9-10(4-2)15-16-13(11(9)12(14)17-19)18-5-7-21(20)8-6-18/h19H,3-8H2,1-2H3,(H2,14,17). The van der Waals surface area contributed by atoms with Crippen molar-refractivity contribution in [1.29, 1.82) is 0 Å². The van der Waals surface area contributed by atoms with Crippen molar-refractivity contribution >= 4 is 22.5 Å². The van der Waals surface area contributed by atoms with Gasteiger partial charge in [0, 0.05) is 35.4 Å². The summed E-state index contributed by atoms with van der Waals surface area (Å²) in [7, 11) is -0.768. The van der Waals surface area contributed by atoms with Crippen molar-refractivity contribution < 1.29 is 9.42 Å². The van der Waals surface area contributed by atoms with E-state index in [1.165, 1.54) is 0 Å². The van der Waals surface area contributed by atoms with Gasteiger partial charge >= 0.3 is 0 Å². The lowest BCUT2D eigenvalue weighted by Gasteiger charge is -2.29. The van der Waals surface area contributed by atoms with Crippen molar-refractivity contribution in [2.24, 2.45) is 10.9 Å². The molecule has 0 radical (unpaired) electrons. The maximum atomic E-state index is 11.5. The molecular weight excluding hydrogens is 290 g/mol. The number of amidine groups is 1. The zero-order valence-corrected chi connectivity index (χ0v) is 13.2. The third-order valence-corrected chi connectivity index (χ3v) is 4.94. The molecule has 0 aliphatic carbocycles. The van der Waals surface area contributed by atoms with E-state index < -0.39 is 10.8 Å². The number of nitrogens with zero attached hydrogens (tertiary/aromatic N) is 4. The zero-order chi connectivity index (χ0) is 15.4. The molecular formula is C13H21N5O2S. The maximum absolute atomic E-state index is 11.5. The first-order chi connectivity index (χ1) is 10.1. The van der Waals surface area contributed by atoms with Crippen LogP contribution in [-0.2, 0) is 23.6 Å². The molecule has 1 fully saturated rings. The molecule has 0 aromatic carbocycles. The number of aryl methyl sites for hydroxylation is 1. The molecule has 3 N–H and O–H groups in total. The fraction of sp³-hybridized carbons (Fsp3) is 0.615. The van der Waals surface area contributed by atoms with E-state index in [2.05, 4.69) is 15.4 Å². The minimum atomic E-state index is -0.768. The van der Waals surface area contributed by atoms with Crippen molar-refractivity contribution in [3.05, 3.63) is 16.8 Å². The lowest BCUT2D eigenvalue weighted by atomic mass is 10.0. The van der Waals surface area contributed by atoms with Crippen LogP contribution in [-0.4, -0.2) is 50.0 Å². The number of hydrogen-bond acceptors (Lipinski definition) is 6. The molecule has 1 aliphatic rings. The second-order valence-electron chi connectivity index (χ2n) is 4.85. The summed E-state index contributed by atoms with van der Waals surface area (Å²) >= 11 is 0. The summed E-state index contributed by atoms with van der Waals surface area (Å²) in [5.41, 5.74) is 8.35. The van der Waals surface area contributed by atoms with E-state index in [1.807, 2.05) is 18.7 Å². The Morgan fingerprint density at radius 2 is 2.00 bits per heavy atom. The number of aromatic nitrogens is 2. The highest BCUT2D eigenvalue weighted by molar-refractivity contribution is 7.85. The third kappa shape index (κ3) is 3.15. The summed E-state index contributed by atoms with van der Waals surface area (Å²) in [4.78, 5) is 2.01. The molecule has 1 aromatic rings. The summed E-state index contributed by atoms with van der Waals surface area (Å²) in [5.74, 6) is 1.89. The SMILES string of the molecule is CCc1nnc(N2CCS(=O)CC2)c(C(N)=NO)c1CC. The van der Waals surface area contributed by atoms with E-state index in [1.54, 1.807) is 0 Å². The molecule has 0 saturated carbocycles. The van der Waals surface area contributed by atoms with Crippen molar-refractivity contribution in [1.82, 2.24) is 10.2 Å². The first kappa shape index (κ1) is 15.7. The molecule has 0 bridgehead atoms. The number of hydrogen-bond donors (Lipinski definition) is 2. The first-order valence-corrected chi connectivity index (χ1v) is 8.57. The van der Waals surface area contributed by atoms with Crippen LogP contribution in [0.15, 0.2) is 5.16 Å². The van der Waals surface area contributed by atoms with E-state index in [-0.39, 0.29) is 5.84 Å². The minimum absolute atomic E-state index is 0.0538. The second kappa shape index (κ2) is 6.84. The van der Waals surface area contributed by atoms with Crippen LogP contribution >= 0.6 is 0 Å². The summed E-state index contributed by atoms with van der Waals surface area (Å²) in [6, 6.07) is 0. The van der Waals surface area contributed by atoms with Gasteiger partial charge in [0.25, 0.3) is 0 Å². The minimum Gasteiger partial charge on any atom is -0.409 e. The predicted octanol–water partition coefficient (Wildman–Crippen LogP) is 0.265. The molecule has 7 nitrogen and oxygen atoms in total. The Hall–Kier alpha value is -1.70. The molecule has 1 aromatic heterocycles. The van der Waals surface area contributed by atoms with Gasteiger partial charge in [-0.3, -0.25) is 4.21 Å². The monoisotopic (exact) mass is 311 g/mol. The molecule has 1 saturated heterocycles. The lowest BCUT2D eigenvalue weighted by molar-refractivity contribution is 0.318. The largest absolute Gasteiger partial charge is 0.409 e. The molecule has 0 amide bonds. The predicted molar refractivity (Wildman–Crippen MR) is 83.4 cm³/mol. The van der Waals surface area contributed by atoms with Gasteiger partial charge in [0.1, 0.15) is 0 Å². The van der Waals surface area contributed by atoms with Gasteiger partial charge in [-0.05, 0) is 18.4 Å². The van der Waals surface area contributed by atoms with Crippen LogP contribution in [0.4, 0.5) is 5.82 Å². The Morgan fingerprint density at radius 3 is 2.52 bits per heavy atom. The van der Waals surface area contributed by atoms with Gasteiger partial charge in [-0.25, -0.2) is 0 Å². The van der Waals surface area contributed by atoms with E-state index in [0.717, 1.165) is 24.1 Å². The van der Waals surface area contributed by atoms with Crippen molar-refractivity contribution in [2.75, 3.05) is 29.5 Å². The van der Waals surface area contributed by atoms with Gasteiger partial charge in [0.15, 0.2) is 11.7 Å². The number of oxime groups is 1. The van der Waals surface area contributed by atoms with Gasteiger partial charge in [-0.2, -0.15) is 5.10 Å². The number of nitrogens with two attached hydrogens (primary N) is 1. The smallest absolute Gasteiger partial charge is 0.174 e. The topological polar surface area (TPSA) is 105 Å². The summed E-state index contributed by atoms with van der Waals surface area (Å²) in [6.45, 7) is 5.30. The Kier molecular flexibility index (Phi) is 5.11. The molecule has 2 heterocycles. The molecule has 8 heteroatoms. The third-order valence-electron chi connectivity index (χ3n) is 3.67. The zero-order valence-electron chi connectivity index (χ0n) is 12.4. The number of anilines is 1. The molecule has 0 spiro atoms.